The van der Waals surface area contributed by atoms with Crippen LogP contribution in [0.2, 0.25) is 0 Å². The molecule has 0 saturated carbocycles. The number of benzene rings is 1. The smallest absolute Gasteiger partial charge is 0.416 e. The van der Waals surface area contributed by atoms with Gasteiger partial charge in [0.15, 0.2) is 0 Å². The minimum atomic E-state index is -4.56. The van der Waals surface area contributed by atoms with Crippen LogP contribution < -0.4 is 0 Å². The summed E-state index contributed by atoms with van der Waals surface area (Å²) in [4.78, 5) is 10.7. The Labute approximate surface area is 110 Å². The van der Waals surface area contributed by atoms with Crippen molar-refractivity contribution in [2.45, 2.75) is 6.18 Å². The number of carbonyl (C=O) groups is 1. The third-order valence-electron chi connectivity index (χ3n) is 2.52. The Bertz CT molecular complexity index is 713. The second kappa shape index (κ2) is 4.70. The number of aromatic nitrogens is 2. The first-order chi connectivity index (χ1) is 9.32. The van der Waals surface area contributed by atoms with Crippen LogP contribution in [0.3, 0.4) is 0 Å². The van der Waals surface area contributed by atoms with E-state index in [1.807, 2.05) is 0 Å². The molecule has 1 aromatic carbocycles. The maximum atomic E-state index is 12.5. The third-order valence-corrected chi connectivity index (χ3v) is 2.52. The molecule has 0 bridgehead atoms. The van der Waals surface area contributed by atoms with Gasteiger partial charge in [-0.05, 0) is 18.2 Å². The standard InChI is InChI=1S/C12H6F3N3O2/c13-12(14,15)9-1-2-10(7(3-9)4-16)18-6-8(5-17-18)11(19)20/h1-3,5-6H,(H,19,20). The first kappa shape index (κ1) is 13.6. The molecule has 2 rings (SSSR count). The van der Waals surface area contributed by atoms with E-state index in [0.29, 0.717) is 6.07 Å². The summed E-state index contributed by atoms with van der Waals surface area (Å²) < 4.78 is 38.7. The monoisotopic (exact) mass is 281 g/mol. The molecule has 0 aliphatic heterocycles. The van der Waals surface area contributed by atoms with Gasteiger partial charge in [-0.25, -0.2) is 9.48 Å². The zero-order chi connectivity index (χ0) is 14.9. The lowest BCUT2D eigenvalue weighted by Gasteiger charge is -2.09. The van der Waals surface area contributed by atoms with Crippen molar-refractivity contribution in [3.05, 3.63) is 47.3 Å². The molecule has 0 radical (unpaired) electrons. The van der Waals surface area contributed by atoms with Gasteiger partial charge in [0.05, 0.1) is 28.6 Å². The number of aromatic carboxylic acids is 1. The largest absolute Gasteiger partial charge is 0.478 e. The SMILES string of the molecule is N#Cc1cc(C(F)(F)F)ccc1-n1cc(C(=O)O)cn1. The highest BCUT2D eigenvalue weighted by molar-refractivity contribution is 5.87. The third kappa shape index (κ3) is 2.47. The van der Waals surface area contributed by atoms with E-state index in [-0.39, 0.29) is 16.8 Å². The number of hydrogen-bond donors (Lipinski definition) is 1. The average Bonchev–Trinajstić information content (AvgIpc) is 2.86. The van der Waals surface area contributed by atoms with E-state index in [9.17, 15) is 18.0 Å². The summed E-state index contributed by atoms with van der Waals surface area (Å²) in [6, 6.07) is 4.20. The number of carboxylic acid groups (broad SMARTS) is 1. The average molecular weight is 281 g/mol. The molecule has 0 saturated heterocycles. The zero-order valence-corrected chi connectivity index (χ0v) is 9.72. The molecular weight excluding hydrogens is 275 g/mol. The molecule has 0 atom stereocenters. The molecule has 0 amide bonds. The van der Waals surface area contributed by atoms with Crippen molar-refractivity contribution in [1.29, 1.82) is 5.26 Å². The lowest BCUT2D eigenvalue weighted by Crippen LogP contribution is -2.07. The molecule has 8 heteroatoms. The first-order valence-corrected chi connectivity index (χ1v) is 5.22. The highest BCUT2D eigenvalue weighted by Crippen LogP contribution is 2.31. The van der Waals surface area contributed by atoms with Crippen LogP contribution in [0.15, 0.2) is 30.6 Å². The van der Waals surface area contributed by atoms with Crippen molar-refractivity contribution < 1.29 is 23.1 Å². The normalized spacial score (nSPS) is 11.1. The molecule has 2 aromatic rings. The molecule has 0 aliphatic rings. The van der Waals surface area contributed by atoms with E-state index in [0.717, 1.165) is 29.2 Å². The van der Waals surface area contributed by atoms with Gasteiger partial charge in [-0.15, -0.1) is 0 Å². The van der Waals surface area contributed by atoms with E-state index in [1.165, 1.54) is 0 Å². The van der Waals surface area contributed by atoms with Gasteiger partial charge in [0.1, 0.15) is 6.07 Å². The molecule has 0 fully saturated rings. The fraction of sp³-hybridized carbons (Fsp3) is 0.0833. The van der Waals surface area contributed by atoms with Gasteiger partial charge in [-0.2, -0.15) is 23.5 Å². The Morgan fingerprint density at radius 3 is 2.60 bits per heavy atom. The highest BCUT2D eigenvalue weighted by atomic mass is 19.4. The maximum absolute atomic E-state index is 12.5. The van der Waals surface area contributed by atoms with Crippen LogP contribution in [0.25, 0.3) is 5.69 Å². The van der Waals surface area contributed by atoms with Crippen molar-refractivity contribution in [1.82, 2.24) is 9.78 Å². The molecule has 5 nitrogen and oxygen atoms in total. The summed E-state index contributed by atoms with van der Waals surface area (Å²) in [6.45, 7) is 0. The van der Waals surface area contributed by atoms with Crippen LogP contribution in [0.4, 0.5) is 13.2 Å². The topological polar surface area (TPSA) is 78.9 Å². The Hall–Kier alpha value is -2.82. The number of rotatable bonds is 2. The van der Waals surface area contributed by atoms with Crippen molar-refractivity contribution >= 4 is 5.97 Å². The Morgan fingerprint density at radius 1 is 1.40 bits per heavy atom. The van der Waals surface area contributed by atoms with E-state index in [2.05, 4.69) is 5.10 Å². The number of hydrogen-bond acceptors (Lipinski definition) is 3. The number of halogens is 3. The van der Waals surface area contributed by atoms with Gasteiger partial charge in [0.25, 0.3) is 0 Å². The van der Waals surface area contributed by atoms with E-state index in [1.54, 1.807) is 6.07 Å². The van der Waals surface area contributed by atoms with Gasteiger partial charge < -0.3 is 5.11 Å². The fourth-order valence-electron chi connectivity index (χ4n) is 1.57. The number of nitriles is 1. The summed E-state index contributed by atoms with van der Waals surface area (Å²) in [5, 5.41) is 21.4. The van der Waals surface area contributed by atoms with Crippen LogP contribution >= 0.6 is 0 Å². The molecule has 102 valence electrons. The van der Waals surface area contributed by atoms with Gasteiger partial charge >= 0.3 is 12.1 Å². The van der Waals surface area contributed by atoms with Gasteiger partial charge in [-0.1, -0.05) is 0 Å². The molecule has 1 heterocycles. The lowest BCUT2D eigenvalue weighted by atomic mass is 10.1. The van der Waals surface area contributed by atoms with Crippen molar-refractivity contribution in [2.24, 2.45) is 0 Å². The minimum Gasteiger partial charge on any atom is -0.478 e. The number of carboxylic acids is 1. The van der Waals surface area contributed by atoms with Crippen LogP contribution in [0.1, 0.15) is 21.5 Å². The van der Waals surface area contributed by atoms with E-state index >= 15 is 0 Å². The molecule has 0 aliphatic carbocycles. The Kier molecular flexibility index (Phi) is 3.19. The highest BCUT2D eigenvalue weighted by Gasteiger charge is 2.31. The van der Waals surface area contributed by atoms with E-state index < -0.39 is 17.7 Å². The van der Waals surface area contributed by atoms with E-state index in [4.69, 9.17) is 10.4 Å². The molecule has 0 spiro atoms. The maximum Gasteiger partial charge on any atom is 0.416 e. The summed E-state index contributed by atoms with van der Waals surface area (Å²) >= 11 is 0. The molecular formula is C12H6F3N3O2. The minimum absolute atomic E-state index is 0.0769. The summed E-state index contributed by atoms with van der Waals surface area (Å²) in [5.41, 5.74) is -1.26. The van der Waals surface area contributed by atoms with Crippen LogP contribution in [0.5, 0.6) is 0 Å². The predicted octanol–water partition coefficient (Wildman–Crippen LogP) is 2.46. The second-order valence-corrected chi connectivity index (χ2v) is 3.82. The number of nitrogens with zero attached hydrogens (tertiary/aromatic N) is 3. The van der Waals surface area contributed by atoms with Crippen molar-refractivity contribution in [3.63, 3.8) is 0 Å². The first-order valence-electron chi connectivity index (χ1n) is 5.22. The van der Waals surface area contributed by atoms with Gasteiger partial charge in [0, 0.05) is 6.20 Å². The second-order valence-electron chi connectivity index (χ2n) is 3.82. The quantitative estimate of drug-likeness (QED) is 0.917. The van der Waals surface area contributed by atoms with Crippen LogP contribution in [-0.2, 0) is 6.18 Å². The Morgan fingerprint density at radius 2 is 2.10 bits per heavy atom. The summed E-state index contributed by atoms with van der Waals surface area (Å²) in [6.07, 6.45) is -2.40. The molecule has 1 N–H and O–H groups in total. The molecule has 20 heavy (non-hydrogen) atoms. The van der Waals surface area contributed by atoms with Gasteiger partial charge in [-0.3, -0.25) is 0 Å². The van der Waals surface area contributed by atoms with Crippen molar-refractivity contribution in [2.75, 3.05) is 0 Å². The molecule has 1 aromatic heterocycles. The molecule has 0 unspecified atom stereocenters. The fourth-order valence-corrected chi connectivity index (χ4v) is 1.57. The number of alkyl halides is 3. The van der Waals surface area contributed by atoms with Crippen LogP contribution in [-0.4, -0.2) is 20.9 Å². The summed E-state index contributed by atoms with van der Waals surface area (Å²) in [7, 11) is 0. The summed E-state index contributed by atoms with van der Waals surface area (Å²) in [5.74, 6) is -1.22. The predicted molar refractivity (Wildman–Crippen MR) is 60.2 cm³/mol. The lowest BCUT2D eigenvalue weighted by molar-refractivity contribution is -0.137. The van der Waals surface area contributed by atoms with Crippen LogP contribution in [0, 0.1) is 11.3 Å². The zero-order valence-electron chi connectivity index (χ0n) is 9.72. The van der Waals surface area contributed by atoms with Gasteiger partial charge in [0.2, 0.25) is 0 Å². The van der Waals surface area contributed by atoms with Crippen molar-refractivity contribution in [3.8, 4) is 11.8 Å². The Balaban J connectivity index is 2.52.